The molecule has 1 aliphatic carbocycles. The molecule has 1 saturated carbocycles. The Kier molecular flexibility index (Phi) is 6.81. The van der Waals surface area contributed by atoms with Crippen LogP contribution in [-0.4, -0.2) is 43.6 Å². The molecule has 0 aromatic rings. The zero-order valence-electron chi connectivity index (χ0n) is 15.2. The highest BCUT2D eigenvalue weighted by Crippen LogP contribution is 2.46. The number of hydrogen-bond donors (Lipinski definition) is 1. The lowest BCUT2D eigenvalue weighted by Crippen LogP contribution is -2.45. The van der Waals surface area contributed by atoms with E-state index in [0.717, 1.165) is 0 Å². The third kappa shape index (κ3) is 8.14. The number of nitrogens with one attached hydrogen (secondary N) is 1. The van der Waals surface area contributed by atoms with Crippen molar-refractivity contribution in [3.8, 4) is 0 Å². The zero-order chi connectivity index (χ0) is 20.2. The van der Waals surface area contributed by atoms with Crippen LogP contribution in [0.5, 0.6) is 0 Å². The molecule has 6 nitrogen and oxygen atoms in total. The Bertz CT molecular complexity index is 559. The summed E-state index contributed by atoms with van der Waals surface area (Å²) >= 11 is 0. The van der Waals surface area contributed by atoms with E-state index in [-0.39, 0.29) is 24.9 Å². The first-order chi connectivity index (χ1) is 11.7. The minimum atomic E-state index is -4.31. The molecule has 0 radical (unpaired) electrons. The van der Waals surface area contributed by atoms with Crippen LogP contribution in [0.2, 0.25) is 0 Å². The van der Waals surface area contributed by atoms with Crippen molar-refractivity contribution in [2.45, 2.75) is 65.2 Å². The molecule has 2 atom stereocenters. The van der Waals surface area contributed by atoms with Crippen LogP contribution in [0.3, 0.4) is 0 Å². The van der Waals surface area contributed by atoms with Crippen molar-refractivity contribution in [3.05, 3.63) is 0 Å². The van der Waals surface area contributed by atoms with Crippen molar-refractivity contribution in [2.75, 3.05) is 13.2 Å². The summed E-state index contributed by atoms with van der Waals surface area (Å²) in [5.74, 6) is 0. The molecule has 0 bridgehead atoms. The lowest BCUT2D eigenvalue weighted by atomic mass is 9.63. The van der Waals surface area contributed by atoms with Crippen molar-refractivity contribution < 1.29 is 36.6 Å². The van der Waals surface area contributed by atoms with E-state index in [4.69, 9.17) is 0 Å². The number of hydrogen-bond acceptors (Lipinski definition) is 5. The Balaban J connectivity index is 2.56. The van der Waals surface area contributed by atoms with Crippen LogP contribution < -0.4 is 5.32 Å². The van der Waals surface area contributed by atoms with E-state index < -0.39 is 30.3 Å². The Morgan fingerprint density at radius 3 is 2.42 bits per heavy atom. The molecule has 1 amide bonds. The minimum Gasteiger partial charge on any atom is -0.440 e. The molecule has 0 saturated heterocycles. The molecule has 10 heteroatoms. The number of amides is 1. The molecule has 1 rings (SSSR count). The predicted molar refractivity (Wildman–Crippen MR) is 83.7 cm³/mol. The molecule has 150 valence electrons. The second kappa shape index (κ2) is 7.92. The molecular formula is C16H24F4N2O4. The van der Waals surface area contributed by atoms with Gasteiger partial charge in [0.15, 0.2) is 6.61 Å². The summed E-state index contributed by atoms with van der Waals surface area (Å²) in [4.78, 5) is 25.9. The first kappa shape index (κ1) is 22.4. The fourth-order valence-electron chi connectivity index (χ4n) is 3.66. The summed E-state index contributed by atoms with van der Waals surface area (Å²) in [5, 5.41) is 2.35. The van der Waals surface area contributed by atoms with Gasteiger partial charge in [0, 0.05) is 13.5 Å². The number of carbonyl (C=O) groups excluding carboxylic acids is 2. The summed E-state index contributed by atoms with van der Waals surface area (Å²) in [6, 6.07) is -0.247. The van der Waals surface area contributed by atoms with Crippen molar-refractivity contribution in [3.63, 3.8) is 0 Å². The second-order valence-corrected chi connectivity index (χ2v) is 7.91. The van der Waals surface area contributed by atoms with Crippen LogP contribution in [0, 0.1) is 10.8 Å². The molecule has 0 aromatic heterocycles. The van der Waals surface area contributed by atoms with Gasteiger partial charge >= 0.3 is 18.3 Å². The minimum absolute atomic E-state index is 0.0938. The van der Waals surface area contributed by atoms with E-state index in [2.05, 4.69) is 19.8 Å². The van der Waals surface area contributed by atoms with Gasteiger partial charge < -0.3 is 10.1 Å². The maximum atomic E-state index is 13.1. The Hall–Kier alpha value is -1.67. The number of ether oxygens (including phenoxy) is 2. The molecule has 1 fully saturated rings. The van der Waals surface area contributed by atoms with Crippen LogP contribution in [0.1, 0.15) is 47.0 Å². The zero-order valence-corrected chi connectivity index (χ0v) is 15.2. The third-order valence-electron chi connectivity index (χ3n) is 4.02. The summed E-state index contributed by atoms with van der Waals surface area (Å²) in [6.45, 7) is 4.48. The number of isocyanates is 1. The molecule has 1 aliphatic rings. The van der Waals surface area contributed by atoms with Crippen molar-refractivity contribution >= 4 is 12.2 Å². The third-order valence-corrected chi connectivity index (χ3v) is 4.02. The van der Waals surface area contributed by atoms with E-state index in [1.165, 1.54) is 6.08 Å². The fraction of sp³-hybridized carbons (Fsp3) is 0.875. The Morgan fingerprint density at radius 1 is 1.27 bits per heavy atom. The highest BCUT2D eigenvalue weighted by molar-refractivity contribution is 5.67. The predicted octanol–water partition coefficient (Wildman–Crippen LogP) is 3.86. The van der Waals surface area contributed by atoms with E-state index in [1.807, 2.05) is 20.8 Å². The number of alkyl carbamates (subject to hydrolysis) is 1. The maximum Gasteiger partial charge on any atom is 0.407 e. The van der Waals surface area contributed by atoms with Gasteiger partial charge in [-0.1, -0.05) is 20.8 Å². The Morgan fingerprint density at radius 2 is 1.88 bits per heavy atom. The average molecular weight is 384 g/mol. The summed E-state index contributed by atoms with van der Waals surface area (Å²) in [5.41, 5.74) is -0.585. The van der Waals surface area contributed by atoms with Gasteiger partial charge in [-0.25, -0.2) is 14.6 Å². The van der Waals surface area contributed by atoms with Gasteiger partial charge in [0.1, 0.15) is 0 Å². The van der Waals surface area contributed by atoms with Gasteiger partial charge in [0.25, 0.3) is 0 Å². The van der Waals surface area contributed by atoms with E-state index >= 15 is 0 Å². The monoisotopic (exact) mass is 384 g/mol. The number of halogens is 4. The van der Waals surface area contributed by atoms with E-state index in [1.54, 1.807) is 0 Å². The molecule has 1 N–H and O–H groups in total. The fourth-order valence-corrected chi connectivity index (χ4v) is 3.66. The first-order valence-corrected chi connectivity index (χ1v) is 8.09. The second-order valence-electron chi connectivity index (χ2n) is 7.91. The van der Waals surface area contributed by atoms with Crippen molar-refractivity contribution in [2.24, 2.45) is 15.8 Å². The standard InChI is InChI=1S/C16H24F4N2O4/c1-13(2)5-11(22-10-23)6-14(3,7-13)8-21-12(24)25-9-16(19,20)26-15(4,17)18/h11H,5-9H2,1-4H3,(H,21,24). The first-order valence-electron chi connectivity index (χ1n) is 8.09. The SMILES string of the molecule is CC1(C)CC(N=C=O)CC(C)(CNC(=O)OCC(F)(F)OC(C)(F)F)C1. The van der Waals surface area contributed by atoms with Crippen LogP contribution in [0.4, 0.5) is 22.4 Å². The van der Waals surface area contributed by atoms with Crippen LogP contribution in [-0.2, 0) is 14.3 Å². The van der Waals surface area contributed by atoms with E-state index in [9.17, 15) is 27.2 Å². The molecule has 2 unspecified atom stereocenters. The van der Waals surface area contributed by atoms with Crippen LogP contribution in [0.15, 0.2) is 4.99 Å². The highest BCUT2D eigenvalue weighted by Gasteiger charge is 2.43. The number of nitrogens with zero attached hydrogens (tertiary/aromatic N) is 1. The molecule has 0 spiro atoms. The highest BCUT2D eigenvalue weighted by atomic mass is 19.3. The molecule has 0 aromatic carbocycles. The summed E-state index contributed by atoms with van der Waals surface area (Å²) in [7, 11) is 0. The van der Waals surface area contributed by atoms with Crippen LogP contribution >= 0.6 is 0 Å². The molecular weight excluding hydrogens is 360 g/mol. The topological polar surface area (TPSA) is 77.0 Å². The van der Waals surface area contributed by atoms with Gasteiger partial charge in [0.2, 0.25) is 6.08 Å². The number of aliphatic imine (C=N–C) groups is 1. The normalized spacial score (nSPS) is 25.9. The quantitative estimate of drug-likeness (QED) is 0.411. The van der Waals surface area contributed by atoms with E-state index in [0.29, 0.717) is 19.3 Å². The smallest absolute Gasteiger partial charge is 0.407 e. The Labute approximate surface area is 149 Å². The van der Waals surface area contributed by atoms with Crippen molar-refractivity contribution in [1.82, 2.24) is 5.32 Å². The molecule has 0 heterocycles. The van der Waals surface area contributed by atoms with Gasteiger partial charge in [-0.15, -0.1) is 0 Å². The van der Waals surface area contributed by atoms with Gasteiger partial charge in [-0.3, -0.25) is 4.74 Å². The maximum absolute atomic E-state index is 13.1. The molecule has 26 heavy (non-hydrogen) atoms. The summed E-state index contributed by atoms with van der Waals surface area (Å²) in [6.07, 6.45) is -6.10. The summed E-state index contributed by atoms with van der Waals surface area (Å²) < 4.78 is 58.7. The lowest BCUT2D eigenvalue weighted by molar-refractivity contribution is -0.374. The van der Waals surface area contributed by atoms with Gasteiger partial charge in [-0.2, -0.15) is 17.6 Å². The van der Waals surface area contributed by atoms with Crippen molar-refractivity contribution in [1.29, 1.82) is 0 Å². The number of rotatable bonds is 7. The number of alkyl halides is 4. The average Bonchev–Trinajstić information content (AvgIpc) is 2.39. The van der Waals surface area contributed by atoms with Gasteiger partial charge in [-0.05, 0) is 30.1 Å². The largest absolute Gasteiger partial charge is 0.440 e. The van der Waals surface area contributed by atoms with Crippen LogP contribution in [0.25, 0.3) is 0 Å². The number of carbonyl (C=O) groups is 1. The lowest BCUT2D eigenvalue weighted by Gasteiger charge is -2.45. The van der Waals surface area contributed by atoms with Gasteiger partial charge in [0.05, 0.1) is 6.04 Å². The molecule has 0 aliphatic heterocycles.